The summed E-state index contributed by atoms with van der Waals surface area (Å²) in [4.78, 5) is 12.7. The molecule has 1 N–H and O–H groups in total. The molecule has 30 heavy (non-hydrogen) atoms. The SMILES string of the molecule is COc1ccc(N(C(C)C(=O)Nc2cccc(C(F)(F)F)c2)S(C)(=O)=O)cc1OC. The van der Waals surface area contributed by atoms with Gasteiger partial charge in [-0.15, -0.1) is 0 Å². The van der Waals surface area contributed by atoms with Crippen molar-refractivity contribution in [2.75, 3.05) is 30.1 Å². The summed E-state index contributed by atoms with van der Waals surface area (Å²) in [7, 11) is -1.15. The molecule has 0 spiro atoms. The molecule has 2 rings (SSSR count). The molecular weight excluding hydrogens is 425 g/mol. The number of rotatable bonds is 7. The highest BCUT2D eigenvalue weighted by Gasteiger charge is 2.32. The third-order valence-corrected chi connectivity index (χ3v) is 5.41. The minimum Gasteiger partial charge on any atom is -0.493 e. The van der Waals surface area contributed by atoms with E-state index in [-0.39, 0.29) is 17.1 Å². The monoisotopic (exact) mass is 446 g/mol. The first kappa shape index (κ1) is 23.3. The number of ether oxygens (including phenoxy) is 2. The van der Waals surface area contributed by atoms with E-state index in [0.29, 0.717) is 5.75 Å². The fraction of sp³-hybridized carbons (Fsp3) is 0.316. The third-order valence-electron chi connectivity index (χ3n) is 4.17. The number of nitrogens with one attached hydrogen (secondary N) is 1. The number of hydrogen-bond acceptors (Lipinski definition) is 5. The van der Waals surface area contributed by atoms with Gasteiger partial charge in [-0.05, 0) is 37.3 Å². The van der Waals surface area contributed by atoms with Gasteiger partial charge < -0.3 is 14.8 Å². The average Bonchev–Trinajstić information content (AvgIpc) is 2.66. The van der Waals surface area contributed by atoms with Crippen molar-refractivity contribution < 1.29 is 35.9 Å². The molecule has 1 unspecified atom stereocenters. The molecule has 2 aromatic rings. The van der Waals surface area contributed by atoms with E-state index in [1.54, 1.807) is 0 Å². The van der Waals surface area contributed by atoms with Crippen LogP contribution >= 0.6 is 0 Å². The van der Waals surface area contributed by atoms with Gasteiger partial charge in [-0.2, -0.15) is 13.2 Å². The van der Waals surface area contributed by atoms with Gasteiger partial charge in [-0.3, -0.25) is 9.10 Å². The van der Waals surface area contributed by atoms with Crippen molar-refractivity contribution in [3.05, 3.63) is 48.0 Å². The smallest absolute Gasteiger partial charge is 0.416 e. The molecule has 1 amide bonds. The Bertz CT molecular complexity index is 1030. The second-order valence-corrected chi connectivity index (χ2v) is 8.20. The first-order valence-corrected chi connectivity index (χ1v) is 10.4. The third kappa shape index (κ3) is 5.35. The van der Waals surface area contributed by atoms with Gasteiger partial charge in [0.25, 0.3) is 0 Å². The Labute approximate surface area is 172 Å². The van der Waals surface area contributed by atoms with E-state index in [2.05, 4.69) is 5.32 Å². The predicted molar refractivity (Wildman–Crippen MR) is 106 cm³/mol. The Balaban J connectivity index is 2.37. The van der Waals surface area contributed by atoms with E-state index < -0.39 is 33.7 Å². The second-order valence-electron chi connectivity index (χ2n) is 6.34. The van der Waals surface area contributed by atoms with Gasteiger partial charge in [-0.1, -0.05) is 6.07 Å². The van der Waals surface area contributed by atoms with Gasteiger partial charge in [0, 0.05) is 11.8 Å². The van der Waals surface area contributed by atoms with Gasteiger partial charge in [0.15, 0.2) is 11.5 Å². The van der Waals surface area contributed by atoms with Gasteiger partial charge in [0.2, 0.25) is 15.9 Å². The molecule has 0 saturated carbocycles. The zero-order chi connectivity index (χ0) is 22.7. The topological polar surface area (TPSA) is 84.9 Å². The Morgan fingerprint density at radius 1 is 1.07 bits per heavy atom. The lowest BCUT2D eigenvalue weighted by Gasteiger charge is -2.28. The number of halogens is 3. The molecule has 7 nitrogen and oxygen atoms in total. The lowest BCUT2D eigenvalue weighted by atomic mass is 10.2. The van der Waals surface area contributed by atoms with Crippen molar-refractivity contribution in [2.45, 2.75) is 19.1 Å². The van der Waals surface area contributed by atoms with Crippen molar-refractivity contribution in [1.29, 1.82) is 0 Å². The van der Waals surface area contributed by atoms with Crippen LogP contribution in [0.4, 0.5) is 24.5 Å². The van der Waals surface area contributed by atoms with Crippen LogP contribution in [-0.4, -0.2) is 40.8 Å². The number of anilines is 2. The summed E-state index contributed by atoms with van der Waals surface area (Å²) in [5.41, 5.74) is -0.919. The fourth-order valence-electron chi connectivity index (χ4n) is 2.79. The number of methoxy groups -OCH3 is 2. The molecule has 0 radical (unpaired) electrons. The van der Waals surface area contributed by atoms with Gasteiger partial charge >= 0.3 is 6.18 Å². The van der Waals surface area contributed by atoms with Crippen LogP contribution in [0.1, 0.15) is 12.5 Å². The summed E-state index contributed by atoms with van der Waals surface area (Å²) >= 11 is 0. The molecule has 0 bridgehead atoms. The summed E-state index contributed by atoms with van der Waals surface area (Å²) in [6, 6.07) is 7.07. The summed E-state index contributed by atoms with van der Waals surface area (Å²) in [6.07, 6.45) is -3.66. The molecule has 0 heterocycles. The van der Waals surface area contributed by atoms with E-state index in [1.807, 2.05) is 0 Å². The first-order valence-electron chi connectivity index (χ1n) is 8.58. The molecule has 11 heteroatoms. The van der Waals surface area contributed by atoms with Crippen LogP contribution in [0.3, 0.4) is 0 Å². The number of carbonyl (C=O) groups excluding carboxylic acids is 1. The highest BCUT2D eigenvalue weighted by atomic mass is 32.2. The van der Waals surface area contributed by atoms with Crippen molar-refractivity contribution in [2.24, 2.45) is 0 Å². The largest absolute Gasteiger partial charge is 0.493 e. The summed E-state index contributed by atoms with van der Waals surface area (Å²) < 4.78 is 74.6. The molecule has 0 aliphatic heterocycles. The van der Waals surface area contributed by atoms with E-state index in [1.165, 1.54) is 45.4 Å². The minimum atomic E-state index is -4.58. The van der Waals surface area contributed by atoms with Crippen LogP contribution in [0, 0.1) is 0 Å². The maximum absolute atomic E-state index is 12.9. The number of hydrogen-bond donors (Lipinski definition) is 1. The summed E-state index contributed by atoms with van der Waals surface area (Å²) in [5.74, 6) is -0.209. The fourth-order valence-corrected chi connectivity index (χ4v) is 3.96. The first-order chi connectivity index (χ1) is 13.9. The van der Waals surface area contributed by atoms with E-state index in [0.717, 1.165) is 28.8 Å². The number of benzene rings is 2. The molecular formula is C19H21F3N2O5S. The van der Waals surface area contributed by atoms with Gasteiger partial charge in [0.1, 0.15) is 6.04 Å². The van der Waals surface area contributed by atoms with Gasteiger partial charge in [0.05, 0.1) is 31.7 Å². The zero-order valence-corrected chi connectivity index (χ0v) is 17.5. The molecule has 0 aliphatic rings. The van der Waals surface area contributed by atoms with Crippen LogP contribution in [0.25, 0.3) is 0 Å². The number of sulfonamides is 1. The lowest BCUT2D eigenvalue weighted by molar-refractivity contribution is -0.137. The Hall–Kier alpha value is -2.95. The van der Waals surface area contributed by atoms with E-state index >= 15 is 0 Å². The molecule has 164 valence electrons. The number of nitrogens with zero attached hydrogens (tertiary/aromatic N) is 1. The van der Waals surface area contributed by atoms with Crippen LogP contribution in [0.15, 0.2) is 42.5 Å². The summed E-state index contributed by atoms with van der Waals surface area (Å²) in [6.45, 7) is 1.32. The second kappa shape index (κ2) is 8.82. The van der Waals surface area contributed by atoms with Crippen LogP contribution in [-0.2, 0) is 21.0 Å². The standard InChI is InChI=1S/C19H21F3N2O5S/c1-12(18(25)23-14-7-5-6-13(10-14)19(20,21)22)24(30(4,26)27)15-8-9-16(28-2)17(11-15)29-3/h5-12H,1-4H3,(H,23,25). The maximum atomic E-state index is 12.9. The quantitative estimate of drug-likeness (QED) is 0.704. The molecule has 0 fully saturated rings. The van der Waals surface area contributed by atoms with Crippen LogP contribution < -0.4 is 19.1 Å². The van der Waals surface area contributed by atoms with Crippen molar-refractivity contribution >= 4 is 27.3 Å². The molecule has 1 atom stereocenters. The van der Waals surface area contributed by atoms with Crippen molar-refractivity contribution in [3.8, 4) is 11.5 Å². The zero-order valence-electron chi connectivity index (χ0n) is 16.6. The van der Waals surface area contributed by atoms with E-state index in [4.69, 9.17) is 9.47 Å². The number of alkyl halides is 3. The normalized spacial score (nSPS) is 12.8. The Kier molecular flexibility index (Phi) is 6.86. The van der Waals surface area contributed by atoms with Crippen LogP contribution in [0.2, 0.25) is 0 Å². The molecule has 0 aromatic heterocycles. The molecule has 0 aliphatic carbocycles. The highest BCUT2D eigenvalue weighted by Crippen LogP contribution is 2.34. The minimum absolute atomic E-state index is 0.109. The Morgan fingerprint density at radius 3 is 2.23 bits per heavy atom. The average molecular weight is 446 g/mol. The molecule has 2 aromatic carbocycles. The lowest BCUT2D eigenvalue weighted by Crippen LogP contribution is -2.45. The highest BCUT2D eigenvalue weighted by molar-refractivity contribution is 7.92. The van der Waals surface area contributed by atoms with Gasteiger partial charge in [-0.25, -0.2) is 8.42 Å². The summed E-state index contributed by atoms with van der Waals surface area (Å²) in [5, 5.41) is 2.33. The number of carbonyl (C=O) groups is 1. The predicted octanol–water partition coefficient (Wildman–Crippen LogP) is 3.52. The number of amides is 1. The maximum Gasteiger partial charge on any atom is 0.416 e. The van der Waals surface area contributed by atoms with Crippen molar-refractivity contribution in [1.82, 2.24) is 0 Å². The van der Waals surface area contributed by atoms with Crippen molar-refractivity contribution in [3.63, 3.8) is 0 Å². The Morgan fingerprint density at radius 2 is 1.70 bits per heavy atom. The van der Waals surface area contributed by atoms with E-state index in [9.17, 15) is 26.4 Å². The molecule has 0 saturated heterocycles. The van der Waals surface area contributed by atoms with Crippen LogP contribution in [0.5, 0.6) is 11.5 Å².